The van der Waals surface area contributed by atoms with Crippen LogP contribution >= 0.6 is 0 Å². The summed E-state index contributed by atoms with van der Waals surface area (Å²) in [6.45, 7) is 3.49. The van der Waals surface area contributed by atoms with Crippen LogP contribution in [0, 0.1) is 11.3 Å². The van der Waals surface area contributed by atoms with Crippen LogP contribution < -0.4 is 4.74 Å². The van der Waals surface area contributed by atoms with Gasteiger partial charge in [-0.3, -0.25) is 14.6 Å². The number of aliphatic imine (C=N–C) groups is 1. The number of Topliss-reactive ketones (excluding diaryl/α,β-unsaturated/α-hetero) is 2. The van der Waals surface area contributed by atoms with Crippen LogP contribution in [0.3, 0.4) is 0 Å². The van der Waals surface area contributed by atoms with Crippen molar-refractivity contribution in [2.24, 2.45) is 4.99 Å². The number of hydrogen-bond donors (Lipinski definition) is 0. The molecule has 0 spiro atoms. The van der Waals surface area contributed by atoms with Crippen LogP contribution in [0.5, 0.6) is 5.75 Å². The molecule has 2 aromatic carbocycles. The third kappa shape index (κ3) is 3.14. The van der Waals surface area contributed by atoms with Crippen LogP contribution in [0.2, 0.25) is 0 Å². The fourth-order valence-electron chi connectivity index (χ4n) is 2.98. The second-order valence-corrected chi connectivity index (χ2v) is 6.65. The number of nitriles is 1. The smallest absolute Gasteiger partial charge is 0.190 e. The maximum atomic E-state index is 12.7. The van der Waals surface area contributed by atoms with Crippen LogP contribution in [-0.2, 0) is 0 Å². The van der Waals surface area contributed by atoms with Crippen molar-refractivity contribution in [1.82, 2.24) is 0 Å². The zero-order valence-corrected chi connectivity index (χ0v) is 14.9. The summed E-state index contributed by atoms with van der Waals surface area (Å²) in [4.78, 5) is 29.9. The fraction of sp³-hybridized carbons (Fsp3) is 0.238. The van der Waals surface area contributed by atoms with Gasteiger partial charge in [0.1, 0.15) is 11.3 Å². The number of ether oxygens (including phenoxy) is 1. The molecule has 0 radical (unpaired) electrons. The minimum Gasteiger partial charge on any atom is -0.497 e. The number of ketones is 2. The summed E-state index contributed by atoms with van der Waals surface area (Å²) < 4.78 is 5.25. The van der Waals surface area contributed by atoms with Gasteiger partial charge in [-0.1, -0.05) is 12.1 Å². The fourth-order valence-corrected chi connectivity index (χ4v) is 2.98. The molecule has 1 aliphatic rings. The molecule has 1 aliphatic heterocycles. The van der Waals surface area contributed by atoms with Gasteiger partial charge in [-0.05, 0) is 44.2 Å². The molecule has 0 fully saturated rings. The van der Waals surface area contributed by atoms with Gasteiger partial charge in [0.15, 0.2) is 11.6 Å². The van der Waals surface area contributed by atoms with Crippen LogP contribution in [0.15, 0.2) is 47.5 Å². The first-order chi connectivity index (χ1) is 12.4. The van der Waals surface area contributed by atoms with E-state index < -0.39 is 5.54 Å². The lowest BCUT2D eigenvalue weighted by Crippen LogP contribution is -2.36. The molecule has 3 rings (SSSR count). The number of carbonyl (C=O) groups is 2. The Balaban J connectivity index is 1.99. The maximum absolute atomic E-state index is 12.7. The second-order valence-electron chi connectivity index (χ2n) is 6.65. The molecule has 0 amide bonds. The number of methoxy groups -OCH3 is 1. The van der Waals surface area contributed by atoms with E-state index in [-0.39, 0.29) is 18.0 Å². The Morgan fingerprint density at radius 2 is 1.85 bits per heavy atom. The molecule has 0 N–H and O–H groups in total. The highest BCUT2D eigenvalue weighted by Gasteiger charge is 2.36. The minimum atomic E-state index is -0.915. The zero-order valence-electron chi connectivity index (χ0n) is 14.9. The van der Waals surface area contributed by atoms with Gasteiger partial charge < -0.3 is 4.74 Å². The van der Waals surface area contributed by atoms with Crippen LogP contribution in [0.25, 0.3) is 0 Å². The van der Waals surface area contributed by atoms with Crippen LogP contribution in [-0.4, -0.2) is 29.9 Å². The van der Waals surface area contributed by atoms with Gasteiger partial charge >= 0.3 is 0 Å². The number of nitrogens with zero attached hydrogens (tertiary/aromatic N) is 2. The van der Waals surface area contributed by atoms with E-state index in [0.717, 1.165) is 0 Å². The van der Waals surface area contributed by atoms with E-state index in [1.54, 1.807) is 63.4 Å². The minimum absolute atomic E-state index is 0.0722. The van der Waals surface area contributed by atoms with Crippen molar-refractivity contribution >= 4 is 17.3 Å². The molecule has 0 unspecified atom stereocenters. The average Bonchev–Trinajstić information content (AvgIpc) is 2.65. The Morgan fingerprint density at radius 1 is 1.15 bits per heavy atom. The predicted octanol–water partition coefficient (Wildman–Crippen LogP) is 3.60. The van der Waals surface area contributed by atoms with E-state index in [2.05, 4.69) is 4.99 Å². The zero-order chi connectivity index (χ0) is 18.9. The van der Waals surface area contributed by atoms with Gasteiger partial charge in [0.2, 0.25) is 0 Å². The van der Waals surface area contributed by atoms with E-state index in [4.69, 9.17) is 10.00 Å². The molecule has 0 aliphatic carbocycles. The number of rotatable bonds is 4. The molecular formula is C21H18N2O3. The largest absolute Gasteiger partial charge is 0.497 e. The SMILES string of the molecule is COc1ccc2c(c1)C(CC(=O)c1ccc(C#N)cc1)=NC(C)(C)C2=O. The Hall–Kier alpha value is -3.26. The van der Waals surface area contributed by atoms with Gasteiger partial charge in [-0.25, -0.2) is 0 Å². The summed E-state index contributed by atoms with van der Waals surface area (Å²) in [6, 6.07) is 13.7. The van der Waals surface area contributed by atoms with E-state index in [1.165, 1.54) is 0 Å². The normalized spacial score (nSPS) is 14.8. The summed E-state index contributed by atoms with van der Waals surface area (Å²) in [7, 11) is 1.55. The van der Waals surface area contributed by atoms with E-state index >= 15 is 0 Å². The molecule has 130 valence electrons. The highest BCUT2D eigenvalue weighted by Crippen LogP contribution is 2.31. The molecular weight excluding hydrogens is 328 g/mol. The van der Waals surface area contributed by atoms with Gasteiger partial charge in [0.05, 0.1) is 30.9 Å². The lowest BCUT2D eigenvalue weighted by Gasteiger charge is -2.27. The molecule has 0 atom stereocenters. The summed E-state index contributed by atoms with van der Waals surface area (Å²) in [5.41, 5.74) is 1.84. The molecule has 2 aromatic rings. The summed E-state index contributed by atoms with van der Waals surface area (Å²) in [6.07, 6.45) is 0.0722. The number of benzene rings is 2. The van der Waals surface area contributed by atoms with Crippen molar-refractivity contribution < 1.29 is 14.3 Å². The van der Waals surface area contributed by atoms with E-state index in [9.17, 15) is 9.59 Å². The third-order valence-corrected chi connectivity index (χ3v) is 4.42. The third-order valence-electron chi connectivity index (χ3n) is 4.42. The van der Waals surface area contributed by atoms with Gasteiger partial charge in [-0.15, -0.1) is 0 Å². The van der Waals surface area contributed by atoms with Crippen molar-refractivity contribution in [3.05, 3.63) is 64.7 Å². The first-order valence-electron chi connectivity index (χ1n) is 8.21. The molecule has 1 heterocycles. The summed E-state index contributed by atoms with van der Waals surface area (Å²) in [5.74, 6) is 0.409. The van der Waals surface area contributed by atoms with Crippen molar-refractivity contribution in [2.75, 3.05) is 7.11 Å². The molecule has 0 aromatic heterocycles. The Labute approximate surface area is 151 Å². The van der Waals surface area contributed by atoms with E-state index in [1.807, 2.05) is 6.07 Å². The molecule has 0 saturated heterocycles. The van der Waals surface area contributed by atoms with Crippen LogP contribution in [0.4, 0.5) is 0 Å². The summed E-state index contributed by atoms with van der Waals surface area (Å²) in [5, 5.41) is 8.87. The van der Waals surface area contributed by atoms with Crippen molar-refractivity contribution in [3.8, 4) is 11.8 Å². The highest BCUT2D eigenvalue weighted by atomic mass is 16.5. The van der Waals surface area contributed by atoms with Gasteiger partial charge in [0.25, 0.3) is 0 Å². The number of carbonyl (C=O) groups excluding carboxylic acids is 2. The van der Waals surface area contributed by atoms with Crippen molar-refractivity contribution in [1.29, 1.82) is 5.26 Å². The van der Waals surface area contributed by atoms with Crippen molar-refractivity contribution in [3.63, 3.8) is 0 Å². The highest BCUT2D eigenvalue weighted by molar-refractivity contribution is 6.23. The standard InChI is InChI=1S/C21H18N2O3/c1-21(2)20(25)16-9-8-15(26-3)10-17(16)18(23-21)11-19(24)14-6-4-13(12-22)5-7-14/h4-10H,11H2,1-3H3. The molecule has 0 bridgehead atoms. The van der Waals surface area contributed by atoms with Crippen molar-refractivity contribution in [2.45, 2.75) is 25.8 Å². The Bertz CT molecular complexity index is 964. The quantitative estimate of drug-likeness (QED) is 0.792. The molecule has 5 nitrogen and oxygen atoms in total. The van der Waals surface area contributed by atoms with Gasteiger partial charge in [-0.2, -0.15) is 5.26 Å². The first-order valence-corrected chi connectivity index (χ1v) is 8.21. The Morgan fingerprint density at radius 3 is 2.46 bits per heavy atom. The number of fused-ring (bicyclic) bond motifs is 1. The second kappa shape index (κ2) is 6.57. The predicted molar refractivity (Wildman–Crippen MR) is 98.0 cm³/mol. The Kier molecular flexibility index (Phi) is 4.43. The van der Waals surface area contributed by atoms with E-state index in [0.29, 0.717) is 33.7 Å². The number of hydrogen-bond acceptors (Lipinski definition) is 5. The summed E-state index contributed by atoms with van der Waals surface area (Å²) >= 11 is 0. The average molecular weight is 346 g/mol. The lowest BCUT2D eigenvalue weighted by molar-refractivity contribution is 0.0909. The van der Waals surface area contributed by atoms with Gasteiger partial charge in [0, 0.05) is 16.7 Å². The molecule has 5 heteroatoms. The molecule has 0 saturated carbocycles. The molecule has 26 heavy (non-hydrogen) atoms. The lowest BCUT2D eigenvalue weighted by atomic mass is 9.84. The first kappa shape index (κ1) is 17.6. The van der Waals surface area contributed by atoms with Crippen LogP contribution in [0.1, 0.15) is 52.1 Å². The topological polar surface area (TPSA) is 79.5 Å². The monoisotopic (exact) mass is 346 g/mol. The maximum Gasteiger partial charge on any atom is 0.190 e.